The van der Waals surface area contributed by atoms with Crippen molar-refractivity contribution in [3.63, 3.8) is 0 Å². The summed E-state index contributed by atoms with van der Waals surface area (Å²) in [7, 11) is 5.97. The van der Waals surface area contributed by atoms with E-state index in [2.05, 4.69) is 0 Å². The molecule has 6 nitrogen and oxygen atoms in total. The van der Waals surface area contributed by atoms with Crippen molar-refractivity contribution in [3.8, 4) is 23.0 Å². The lowest BCUT2D eigenvalue weighted by Crippen LogP contribution is -2.07. The SMILES string of the molecule is COc1cc(OC)c2c(=O)c3c(OC)cccc3oc2c1OC. The Morgan fingerprint density at radius 2 is 1.52 bits per heavy atom. The number of ether oxygens (including phenoxy) is 4. The predicted octanol–water partition coefficient (Wildman–Crippen LogP) is 2.98. The van der Waals surface area contributed by atoms with Gasteiger partial charge in [-0.2, -0.15) is 0 Å². The summed E-state index contributed by atoms with van der Waals surface area (Å²) in [5.41, 5.74) is 0.418. The molecule has 0 radical (unpaired) electrons. The molecule has 23 heavy (non-hydrogen) atoms. The van der Waals surface area contributed by atoms with E-state index in [1.807, 2.05) is 0 Å². The lowest BCUT2D eigenvalue weighted by atomic mass is 10.1. The minimum Gasteiger partial charge on any atom is -0.496 e. The summed E-state index contributed by atoms with van der Waals surface area (Å²) in [6.45, 7) is 0. The van der Waals surface area contributed by atoms with Crippen LogP contribution in [0.3, 0.4) is 0 Å². The van der Waals surface area contributed by atoms with Crippen molar-refractivity contribution in [2.75, 3.05) is 28.4 Å². The molecule has 3 aromatic rings. The van der Waals surface area contributed by atoms with E-state index in [1.165, 1.54) is 28.4 Å². The van der Waals surface area contributed by atoms with Crippen LogP contribution < -0.4 is 24.4 Å². The van der Waals surface area contributed by atoms with Crippen LogP contribution in [0, 0.1) is 0 Å². The molecule has 0 aliphatic carbocycles. The van der Waals surface area contributed by atoms with Gasteiger partial charge in [-0.05, 0) is 12.1 Å². The minimum atomic E-state index is -0.253. The number of hydrogen-bond donors (Lipinski definition) is 0. The topological polar surface area (TPSA) is 67.1 Å². The lowest BCUT2D eigenvalue weighted by molar-refractivity contribution is 0.349. The molecule has 0 aliphatic heterocycles. The molecule has 0 saturated carbocycles. The molecule has 0 bridgehead atoms. The first-order valence-corrected chi connectivity index (χ1v) is 6.88. The van der Waals surface area contributed by atoms with Crippen LogP contribution in [0.2, 0.25) is 0 Å². The molecule has 0 fully saturated rings. The summed E-state index contributed by atoms with van der Waals surface area (Å²) < 4.78 is 27.2. The first-order chi connectivity index (χ1) is 11.2. The van der Waals surface area contributed by atoms with Crippen LogP contribution in [0.4, 0.5) is 0 Å². The fraction of sp³-hybridized carbons (Fsp3) is 0.235. The van der Waals surface area contributed by atoms with E-state index in [4.69, 9.17) is 23.4 Å². The second-order valence-corrected chi connectivity index (χ2v) is 4.78. The highest BCUT2D eigenvalue weighted by Gasteiger charge is 2.22. The van der Waals surface area contributed by atoms with Crippen molar-refractivity contribution in [3.05, 3.63) is 34.5 Å². The Kier molecular flexibility index (Phi) is 3.73. The highest BCUT2D eigenvalue weighted by Crippen LogP contribution is 2.41. The van der Waals surface area contributed by atoms with E-state index in [9.17, 15) is 4.79 Å². The number of hydrogen-bond acceptors (Lipinski definition) is 6. The molecule has 0 amide bonds. The van der Waals surface area contributed by atoms with Gasteiger partial charge in [-0.3, -0.25) is 4.79 Å². The van der Waals surface area contributed by atoms with Gasteiger partial charge >= 0.3 is 0 Å². The first kappa shape index (κ1) is 15.0. The Hall–Kier alpha value is -2.89. The quantitative estimate of drug-likeness (QED) is 0.689. The van der Waals surface area contributed by atoms with Crippen molar-refractivity contribution >= 4 is 21.9 Å². The van der Waals surface area contributed by atoms with Crippen LogP contribution in [-0.2, 0) is 0 Å². The summed E-state index contributed by atoms with van der Waals surface area (Å²) >= 11 is 0. The third kappa shape index (κ3) is 2.14. The third-order valence-corrected chi connectivity index (χ3v) is 3.68. The van der Waals surface area contributed by atoms with Gasteiger partial charge in [-0.15, -0.1) is 0 Å². The maximum absolute atomic E-state index is 13.0. The van der Waals surface area contributed by atoms with Crippen LogP contribution in [0.15, 0.2) is 33.5 Å². The zero-order valence-electron chi connectivity index (χ0n) is 13.3. The van der Waals surface area contributed by atoms with Crippen molar-refractivity contribution in [2.24, 2.45) is 0 Å². The highest BCUT2D eigenvalue weighted by molar-refractivity contribution is 5.99. The molecule has 120 valence electrons. The van der Waals surface area contributed by atoms with Crippen LogP contribution in [0.5, 0.6) is 23.0 Å². The number of benzene rings is 2. The van der Waals surface area contributed by atoms with Gasteiger partial charge in [0, 0.05) is 6.07 Å². The van der Waals surface area contributed by atoms with Gasteiger partial charge in [0.25, 0.3) is 0 Å². The van der Waals surface area contributed by atoms with Crippen LogP contribution in [0.1, 0.15) is 0 Å². The number of methoxy groups -OCH3 is 4. The molecule has 0 aliphatic rings. The van der Waals surface area contributed by atoms with Gasteiger partial charge in [0.1, 0.15) is 27.9 Å². The molecule has 6 heteroatoms. The van der Waals surface area contributed by atoms with E-state index >= 15 is 0 Å². The summed E-state index contributed by atoms with van der Waals surface area (Å²) in [5.74, 6) is 1.54. The smallest absolute Gasteiger partial charge is 0.208 e. The second-order valence-electron chi connectivity index (χ2n) is 4.78. The van der Waals surface area contributed by atoms with Gasteiger partial charge in [0.2, 0.25) is 11.2 Å². The fourth-order valence-corrected chi connectivity index (χ4v) is 2.64. The number of rotatable bonds is 4. The Morgan fingerprint density at radius 1 is 0.826 bits per heavy atom. The van der Waals surface area contributed by atoms with Gasteiger partial charge in [0.15, 0.2) is 11.3 Å². The third-order valence-electron chi connectivity index (χ3n) is 3.68. The largest absolute Gasteiger partial charge is 0.496 e. The van der Waals surface area contributed by atoms with Gasteiger partial charge in [-0.25, -0.2) is 0 Å². The molecule has 0 unspecified atom stereocenters. The standard InChI is InChI=1S/C17H16O6/c1-19-9-6-5-7-10-13(9)15(18)14-11(20-2)8-12(21-3)16(22-4)17(14)23-10/h5-8H,1-4H3. The van der Waals surface area contributed by atoms with E-state index in [0.29, 0.717) is 34.0 Å². The van der Waals surface area contributed by atoms with Gasteiger partial charge in [-0.1, -0.05) is 6.07 Å². The van der Waals surface area contributed by atoms with Crippen molar-refractivity contribution in [1.29, 1.82) is 0 Å². The second kappa shape index (κ2) is 5.72. The van der Waals surface area contributed by atoms with E-state index in [1.54, 1.807) is 24.3 Å². The first-order valence-electron chi connectivity index (χ1n) is 6.88. The van der Waals surface area contributed by atoms with Crippen molar-refractivity contribution < 1.29 is 23.4 Å². The molecule has 2 aromatic carbocycles. The fourth-order valence-electron chi connectivity index (χ4n) is 2.64. The average molecular weight is 316 g/mol. The summed E-state index contributed by atoms with van der Waals surface area (Å²) in [6, 6.07) is 6.75. The zero-order chi connectivity index (χ0) is 16.6. The summed E-state index contributed by atoms with van der Waals surface area (Å²) in [5, 5.41) is 0.634. The number of fused-ring (bicyclic) bond motifs is 2. The molecule has 0 N–H and O–H groups in total. The molecule has 1 heterocycles. The molecule has 0 spiro atoms. The maximum atomic E-state index is 13.0. The maximum Gasteiger partial charge on any atom is 0.208 e. The van der Waals surface area contributed by atoms with E-state index < -0.39 is 0 Å². The Morgan fingerprint density at radius 3 is 2.13 bits per heavy atom. The van der Waals surface area contributed by atoms with E-state index in [0.717, 1.165) is 0 Å². The van der Waals surface area contributed by atoms with Crippen LogP contribution >= 0.6 is 0 Å². The predicted molar refractivity (Wildman–Crippen MR) is 86.2 cm³/mol. The van der Waals surface area contributed by atoms with Crippen molar-refractivity contribution in [1.82, 2.24) is 0 Å². The van der Waals surface area contributed by atoms with Gasteiger partial charge < -0.3 is 23.4 Å². The van der Waals surface area contributed by atoms with E-state index in [-0.39, 0.29) is 16.4 Å². The zero-order valence-corrected chi connectivity index (χ0v) is 13.3. The molecule has 0 saturated heterocycles. The average Bonchev–Trinajstić information content (AvgIpc) is 2.59. The molecular formula is C17H16O6. The summed E-state index contributed by atoms with van der Waals surface area (Å²) in [6.07, 6.45) is 0. The molecular weight excluding hydrogens is 300 g/mol. The Labute approximate surface area is 132 Å². The Bertz CT molecular complexity index is 941. The van der Waals surface area contributed by atoms with Crippen LogP contribution in [-0.4, -0.2) is 28.4 Å². The molecule has 1 aromatic heterocycles. The normalized spacial score (nSPS) is 10.8. The van der Waals surface area contributed by atoms with Crippen molar-refractivity contribution in [2.45, 2.75) is 0 Å². The van der Waals surface area contributed by atoms with Gasteiger partial charge in [0.05, 0.1) is 28.4 Å². The van der Waals surface area contributed by atoms with Crippen LogP contribution in [0.25, 0.3) is 21.9 Å². The molecule has 0 atom stereocenters. The minimum absolute atomic E-state index is 0.253. The Balaban J connectivity index is 2.60. The molecule has 3 rings (SSSR count). The highest BCUT2D eigenvalue weighted by atomic mass is 16.5. The summed E-state index contributed by atoms with van der Waals surface area (Å²) in [4.78, 5) is 13.0. The lowest BCUT2D eigenvalue weighted by Gasteiger charge is -2.14. The monoisotopic (exact) mass is 316 g/mol.